The van der Waals surface area contributed by atoms with Crippen LogP contribution in [-0.4, -0.2) is 53.9 Å². The van der Waals surface area contributed by atoms with Gasteiger partial charge in [0.1, 0.15) is 11.8 Å². The van der Waals surface area contributed by atoms with Crippen LogP contribution in [0.5, 0.6) is 5.75 Å². The molecular formula is C21H30N2O3. The number of carbonyl (C=O) groups is 2. The van der Waals surface area contributed by atoms with Gasteiger partial charge in [-0.1, -0.05) is 18.2 Å². The van der Waals surface area contributed by atoms with Crippen molar-refractivity contribution in [1.82, 2.24) is 9.80 Å². The second-order valence-corrected chi connectivity index (χ2v) is 7.17. The molecule has 5 heteroatoms. The van der Waals surface area contributed by atoms with Gasteiger partial charge in [0.2, 0.25) is 11.8 Å². The predicted molar refractivity (Wildman–Crippen MR) is 101 cm³/mol. The van der Waals surface area contributed by atoms with Gasteiger partial charge in [-0.2, -0.15) is 0 Å². The van der Waals surface area contributed by atoms with Crippen LogP contribution in [0.2, 0.25) is 0 Å². The minimum atomic E-state index is -0.253. The fraction of sp³-hybridized carbons (Fsp3) is 0.619. The molecule has 2 aliphatic heterocycles. The first kappa shape index (κ1) is 18.7. The summed E-state index contributed by atoms with van der Waals surface area (Å²) in [4.78, 5) is 29.5. The van der Waals surface area contributed by atoms with Crippen molar-refractivity contribution in [3.8, 4) is 5.75 Å². The summed E-state index contributed by atoms with van der Waals surface area (Å²) in [6, 6.07) is 7.64. The molecule has 0 saturated carbocycles. The Morgan fingerprint density at radius 1 is 1.08 bits per heavy atom. The van der Waals surface area contributed by atoms with Crippen LogP contribution >= 0.6 is 0 Å². The quantitative estimate of drug-likeness (QED) is 0.785. The summed E-state index contributed by atoms with van der Waals surface area (Å²) in [6.07, 6.45) is 6.06. The van der Waals surface area contributed by atoms with E-state index in [-0.39, 0.29) is 17.9 Å². The lowest BCUT2D eigenvalue weighted by atomic mass is 9.99. The number of carbonyl (C=O) groups excluding carboxylic acids is 2. The van der Waals surface area contributed by atoms with Crippen LogP contribution in [-0.2, 0) is 16.0 Å². The van der Waals surface area contributed by atoms with Crippen molar-refractivity contribution in [2.75, 3.05) is 26.2 Å². The van der Waals surface area contributed by atoms with Crippen molar-refractivity contribution in [3.05, 3.63) is 29.8 Å². The number of hydrogen-bond donors (Lipinski definition) is 0. The van der Waals surface area contributed by atoms with Crippen molar-refractivity contribution in [1.29, 1.82) is 0 Å². The molecule has 2 aliphatic rings. The first-order valence-electron chi connectivity index (χ1n) is 9.99. The Labute approximate surface area is 156 Å². The molecular weight excluding hydrogens is 328 g/mol. The van der Waals surface area contributed by atoms with Crippen LogP contribution in [0.15, 0.2) is 24.3 Å². The lowest BCUT2D eigenvalue weighted by Crippen LogP contribution is -2.52. The Hall–Kier alpha value is -2.04. The summed E-state index contributed by atoms with van der Waals surface area (Å²) in [5, 5.41) is 0. The number of piperidine rings is 1. The highest BCUT2D eigenvalue weighted by Gasteiger charge is 2.35. The van der Waals surface area contributed by atoms with Crippen LogP contribution in [0.3, 0.4) is 0 Å². The average Bonchev–Trinajstić information content (AvgIpc) is 3.21. The number of ether oxygens (including phenoxy) is 1. The largest absolute Gasteiger partial charge is 0.494 e. The van der Waals surface area contributed by atoms with Crippen LogP contribution in [0, 0.1) is 0 Å². The Morgan fingerprint density at radius 2 is 1.81 bits per heavy atom. The second-order valence-electron chi connectivity index (χ2n) is 7.17. The second kappa shape index (κ2) is 9.06. The molecule has 3 rings (SSSR count). The molecule has 1 unspecified atom stereocenters. The molecule has 0 N–H and O–H groups in total. The molecule has 2 fully saturated rings. The number of hydrogen-bond acceptors (Lipinski definition) is 3. The maximum absolute atomic E-state index is 12.9. The van der Waals surface area contributed by atoms with Crippen molar-refractivity contribution in [3.63, 3.8) is 0 Å². The summed E-state index contributed by atoms with van der Waals surface area (Å²) in [6.45, 7) is 4.97. The number of amides is 2. The van der Waals surface area contributed by atoms with Gasteiger partial charge in [-0.15, -0.1) is 0 Å². The molecule has 5 nitrogen and oxygen atoms in total. The number of aryl methyl sites for hydroxylation is 1. The normalized spacial score (nSPS) is 20.3. The summed E-state index contributed by atoms with van der Waals surface area (Å²) >= 11 is 0. The van der Waals surface area contributed by atoms with E-state index in [0.717, 1.165) is 56.5 Å². The number of rotatable bonds is 6. The number of para-hydroxylation sites is 1. The zero-order chi connectivity index (χ0) is 18.4. The standard InChI is InChI=1S/C21H30N2O3/c1-2-26-19-11-4-3-9-17(19)12-13-20(24)23-16-6-5-10-18(23)21(25)22-14-7-8-15-22/h3-4,9,11,18H,2,5-8,10,12-16H2,1H3. The van der Waals surface area contributed by atoms with Gasteiger partial charge in [-0.3, -0.25) is 9.59 Å². The zero-order valence-electron chi connectivity index (χ0n) is 15.8. The highest BCUT2D eigenvalue weighted by atomic mass is 16.5. The Kier molecular flexibility index (Phi) is 6.53. The smallest absolute Gasteiger partial charge is 0.245 e. The van der Waals surface area contributed by atoms with Crippen LogP contribution in [0.1, 0.15) is 51.0 Å². The minimum absolute atomic E-state index is 0.0912. The van der Waals surface area contributed by atoms with E-state index in [4.69, 9.17) is 4.74 Å². The van der Waals surface area contributed by atoms with E-state index in [2.05, 4.69) is 0 Å². The molecule has 1 aromatic carbocycles. The Bertz CT molecular complexity index is 625. The van der Waals surface area contributed by atoms with Crippen LogP contribution in [0.25, 0.3) is 0 Å². The zero-order valence-corrected chi connectivity index (χ0v) is 15.8. The Balaban J connectivity index is 1.62. The summed E-state index contributed by atoms with van der Waals surface area (Å²) in [5.74, 6) is 1.10. The van der Waals surface area contributed by atoms with Gasteiger partial charge in [0.05, 0.1) is 6.61 Å². The first-order chi connectivity index (χ1) is 12.7. The van der Waals surface area contributed by atoms with Gasteiger partial charge < -0.3 is 14.5 Å². The van der Waals surface area contributed by atoms with Gasteiger partial charge >= 0.3 is 0 Å². The van der Waals surface area contributed by atoms with Gasteiger partial charge in [-0.05, 0) is 57.1 Å². The van der Waals surface area contributed by atoms with Crippen LogP contribution < -0.4 is 4.74 Å². The highest BCUT2D eigenvalue weighted by molar-refractivity contribution is 5.88. The molecule has 0 spiro atoms. The van der Waals surface area contributed by atoms with E-state index in [9.17, 15) is 9.59 Å². The lowest BCUT2D eigenvalue weighted by molar-refractivity contribution is -0.147. The van der Waals surface area contributed by atoms with E-state index in [1.165, 1.54) is 0 Å². The van der Waals surface area contributed by atoms with Gasteiger partial charge in [-0.25, -0.2) is 0 Å². The molecule has 0 bridgehead atoms. The van der Waals surface area contributed by atoms with E-state index in [0.29, 0.717) is 26.0 Å². The number of nitrogens with zero attached hydrogens (tertiary/aromatic N) is 2. The topological polar surface area (TPSA) is 49.9 Å². The molecule has 2 heterocycles. The lowest BCUT2D eigenvalue weighted by Gasteiger charge is -2.37. The molecule has 0 aromatic heterocycles. The fourth-order valence-electron chi connectivity index (χ4n) is 4.03. The van der Waals surface area contributed by atoms with Gasteiger partial charge in [0.15, 0.2) is 0 Å². The fourth-order valence-corrected chi connectivity index (χ4v) is 4.03. The first-order valence-corrected chi connectivity index (χ1v) is 9.99. The van der Waals surface area contributed by atoms with E-state index in [1.807, 2.05) is 41.0 Å². The van der Waals surface area contributed by atoms with Crippen molar-refractivity contribution in [2.45, 2.75) is 57.9 Å². The Morgan fingerprint density at radius 3 is 2.58 bits per heavy atom. The predicted octanol–water partition coefficient (Wildman–Crippen LogP) is 3.02. The van der Waals surface area contributed by atoms with E-state index >= 15 is 0 Å². The third kappa shape index (κ3) is 4.37. The van der Waals surface area contributed by atoms with Crippen LogP contribution in [0.4, 0.5) is 0 Å². The van der Waals surface area contributed by atoms with Gasteiger partial charge in [0.25, 0.3) is 0 Å². The monoisotopic (exact) mass is 358 g/mol. The summed E-state index contributed by atoms with van der Waals surface area (Å²) < 4.78 is 5.66. The summed E-state index contributed by atoms with van der Waals surface area (Å²) in [5.41, 5.74) is 1.06. The number of benzene rings is 1. The van der Waals surface area contributed by atoms with Crippen molar-refractivity contribution in [2.24, 2.45) is 0 Å². The maximum Gasteiger partial charge on any atom is 0.245 e. The molecule has 142 valence electrons. The third-order valence-electron chi connectivity index (χ3n) is 5.41. The van der Waals surface area contributed by atoms with E-state index in [1.54, 1.807) is 0 Å². The molecule has 1 aromatic rings. The van der Waals surface area contributed by atoms with Gasteiger partial charge in [0, 0.05) is 26.1 Å². The molecule has 0 radical (unpaired) electrons. The SMILES string of the molecule is CCOc1ccccc1CCC(=O)N1CCCCC1C(=O)N1CCCC1. The van der Waals surface area contributed by atoms with Crippen molar-refractivity contribution >= 4 is 11.8 Å². The van der Waals surface area contributed by atoms with E-state index < -0.39 is 0 Å². The molecule has 1 atom stereocenters. The maximum atomic E-state index is 12.9. The molecule has 0 aliphatic carbocycles. The van der Waals surface area contributed by atoms with Crippen molar-refractivity contribution < 1.29 is 14.3 Å². The average molecular weight is 358 g/mol. The third-order valence-corrected chi connectivity index (χ3v) is 5.41. The summed E-state index contributed by atoms with van der Waals surface area (Å²) in [7, 11) is 0. The molecule has 2 saturated heterocycles. The highest BCUT2D eigenvalue weighted by Crippen LogP contribution is 2.24. The number of likely N-dealkylation sites (tertiary alicyclic amines) is 2. The molecule has 2 amide bonds. The minimum Gasteiger partial charge on any atom is -0.494 e. The molecule has 26 heavy (non-hydrogen) atoms.